The highest BCUT2D eigenvalue weighted by molar-refractivity contribution is 7.90. The van der Waals surface area contributed by atoms with E-state index < -0.39 is 9.84 Å². The van der Waals surface area contributed by atoms with E-state index in [2.05, 4.69) is 15.5 Å². The third-order valence-electron chi connectivity index (χ3n) is 3.63. The lowest BCUT2D eigenvalue weighted by Gasteiger charge is -2.03. The molecule has 7 nitrogen and oxygen atoms in total. The Hall–Kier alpha value is -1.93. The van der Waals surface area contributed by atoms with Crippen LogP contribution < -0.4 is 5.32 Å². The molecule has 1 aromatic carbocycles. The Morgan fingerprint density at radius 2 is 1.88 bits per heavy atom. The lowest BCUT2D eigenvalue weighted by atomic mass is 10.2. The number of amides is 1. The lowest BCUT2D eigenvalue weighted by Crippen LogP contribution is -2.24. The number of aromatic nitrogens is 2. The van der Waals surface area contributed by atoms with Crippen molar-refractivity contribution >= 4 is 27.3 Å². The highest BCUT2D eigenvalue weighted by atomic mass is 35.5. The molecule has 0 saturated carbocycles. The van der Waals surface area contributed by atoms with Gasteiger partial charge in [-0.1, -0.05) is 41.9 Å². The van der Waals surface area contributed by atoms with Crippen molar-refractivity contribution in [2.45, 2.75) is 43.1 Å². The van der Waals surface area contributed by atoms with Crippen LogP contribution in [0.1, 0.15) is 37.1 Å². The molecular weight excluding hydrogens is 378 g/mol. The van der Waals surface area contributed by atoms with E-state index in [9.17, 15) is 13.2 Å². The van der Waals surface area contributed by atoms with Gasteiger partial charge in [-0.3, -0.25) is 4.79 Å². The smallest absolute Gasteiger partial charge is 0.335 e. The number of benzene rings is 1. The molecule has 1 aromatic heterocycles. The summed E-state index contributed by atoms with van der Waals surface area (Å²) in [7, 11) is -3.65. The molecule has 0 saturated heterocycles. The van der Waals surface area contributed by atoms with Crippen LogP contribution in [0.15, 0.2) is 40.0 Å². The molecule has 0 aliphatic carbocycles. The van der Waals surface area contributed by atoms with Crippen LogP contribution in [-0.2, 0) is 26.8 Å². The summed E-state index contributed by atoms with van der Waals surface area (Å²) in [6.07, 6.45) is 3.27. The Morgan fingerprint density at radius 1 is 1.12 bits per heavy atom. The van der Waals surface area contributed by atoms with Crippen molar-refractivity contribution in [2.75, 3.05) is 12.4 Å². The monoisotopic (exact) mass is 399 g/mol. The first kappa shape index (κ1) is 20.4. The van der Waals surface area contributed by atoms with Crippen LogP contribution in [0.25, 0.3) is 0 Å². The van der Waals surface area contributed by atoms with Crippen molar-refractivity contribution < 1.29 is 17.6 Å². The summed E-state index contributed by atoms with van der Waals surface area (Å²) in [5.74, 6) is 0.406. The van der Waals surface area contributed by atoms with Gasteiger partial charge in [-0.05, 0) is 18.4 Å². The number of rotatable bonds is 11. The standard InChI is InChI=1S/C17H22ClN3O4S/c18-11-10-15(22)19-12-6-2-5-9-16-20-21-17(25-16)26(23,24)13-14-7-3-1-4-8-14/h1,3-4,7-8H,2,5-6,9-13H2,(H,19,22). The first-order valence-electron chi connectivity index (χ1n) is 8.43. The zero-order chi connectivity index (χ0) is 18.8. The number of unbranched alkanes of at least 4 members (excludes halogenated alkanes) is 2. The lowest BCUT2D eigenvalue weighted by molar-refractivity contribution is -0.120. The molecule has 0 radical (unpaired) electrons. The predicted molar refractivity (Wildman–Crippen MR) is 97.5 cm³/mol. The van der Waals surface area contributed by atoms with Crippen LogP contribution in [0.4, 0.5) is 0 Å². The number of alkyl halides is 1. The van der Waals surface area contributed by atoms with Crippen molar-refractivity contribution in [3.8, 4) is 0 Å². The van der Waals surface area contributed by atoms with Gasteiger partial charge in [-0.15, -0.1) is 16.7 Å². The molecule has 1 N–H and O–H groups in total. The van der Waals surface area contributed by atoms with Crippen molar-refractivity contribution in [1.82, 2.24) is 15.5 Å². The van der Waals surface area contributed by atoms with E-state index in [-0.39, 0.29) is 16.9 Å². The third-order valence-corrected chi connectivity index (χ3v) is 5.22. The first-order valence-corrected chi connectivity index (χ1v) is 10.6. The van der Waals surface area contributed by atoms with Gasteiger partial charge in [0.25, 0.3) is 0 Å². The van der Waals surface area contributed by atoms with Gasteiger partial charge in [0, 0.05) is 25.3 Å². The number of halogens is 1. The summed E-state index contributed by atoms with van der Waals surface area (Å²) in [6.45, 7) is 0.594. The van der Waals surface area contributed by atoms with E-state index in [0.29, 0.717) is 36.7 Å². The van der Waals surface area contributed by atoms with Gasteiger partial charge < -0.3 is 9.73 Å². The molecule has 9 heteroatoms. The molecule has 0 aliphatic heterocycles. The fraction of sp³-hybridized carbons (Fsp3) is 0.471. The van der Waals surface area contributed by atoms with E-state index >= 15 is 0 Å². The van der Waals surface area contributed by atoms with Gasteiger partial charge in [-0.2, -0.15) is 0 Å². The summed E-state index contributed by atoms with van der Waals surface area (Å²) in [6, 6.07) is 8.86. The number of hydrogen-bond donors (Lipinski definition) is 1. The second-order valence-electron chi connectivity index (χ2n) is 5.81. The van der Waals surface area contributed by atoms with Crippen molar-refractivity contribution in [2.24, 2.45) is 0 Å². The zero-order valence-electron chi connectivity index (χ0n) is 14.4. The van der Waals surface area contributed by atoms with Crippen LogP contribution in [-0.4, -0.2) is 36.9 Å². The number of nitrogens with zero attached hydrogens (tertiary/aromatic N) is 2. The molecule has 2 rings (SSSR count). The van der Waals surface area contributed by atoms with Crippen LogP contribution in [0.2, 0.25) is 0 Å². The summed E-state index contributed by atoms with van der Waals surface area (Å²) < 4.78 is 29.9. The van der Waals surface area contributed by atoms with Gasteiger partial charge in [0.05, 0.1) is 5.75 Å². The largest absolute Gasteiger partial charge is 0.413 e. The minimum atomic E-state index is -3.65. The molecular formula is C17H22ClN3O4S. The van der Waals surface area contributed by atoms with Crippen LogP contribution in [0.3, 0.4) is 0 Å². The molecule has 142 valence electrons. The fourth-order valence-corrected chi connectivity index (χ4v) is 3.62. The van der Waals surface area contributed by atoms with E-state index in [1.54, 1.807) is 24.3 Å². The maximum absolute atomic E-state index is 12.3. The van der Waals surface area contributed by atoms with Gasteiger partial charge in [0.15, 0.2) is 0 Å². The molecule has 0 aliphatic rings. The van der Waals surface area contributed by atoms with Crippen LogP contribution >= 0.6 is 11.6 Å². The quantitative estimate of drug-likeness (QED) is 0.460. The van der Waals surface area contributed by atoms with Gasteiger partial charge in [0.2, 0.25) is 21.6 Å². The maximum atomic E-state index is 12.3. The van der Waals surface area contributed by atoms with Gasteiger partial charge >= 0.3 is 5.22 Å². The first-order chi connectivity index (χ1) is 12.5. The topological polar surface area (TPSA) is 102 Å². The molecule has 0 spiro atoms. The Bertz CT molecular complexity index is 793. The number of aryl methyl sites for hydroxylation is 1. The molecule has 1 heterocycles. The molecule has 0 bridgehead atoms. The van der Waals surface area contributed by atoms with Gasteiger partial charge in [-0.25, -0.2) is 8.42 Å². The number of carbonyl (C=O) groups is 1. The van der Waals surface area contributed by atoms with Crippen molar-refractivity contribution in [3.05, 3.63) is 41.8 Å². The minimum absolute atomic E-state index is 0.0508. The normalized spacial score (nSPS) is 11.4. The zero-order valence-corrected chi connectivity index (χ0v) is 15.9. The molecule has 1 amide bonds. The van der Waals surface area contributed by atoms with Gasteiger partial charge in [0.1, 0.15) is 0 Å². The molecule has 0 unspecified atom stereocenters. The molecule has 26 heavy (non-hydrogen) atoms. The number of nitrogens with one attached hydrogen (secondary N) is 1. The van der Waals surface area contributed by atoms with E-state index in [1.807, 2.05) is 6.07 Å². The fourth-order valence-electron chi connectivity index (χ4n) is 2.30. The van der Waals surface area contributed by atoms with E-state index in [1.165, 1.54) is 0 Å². The number of sulfone groups is 1. The summed E-state index contributed by atoms with van der Waals surface area (Å²) in [5.41, 5.74) is 0.670. The number of hydrogen-bond acceptors (Lipinski definition) is 6. The van der Waals surface area contributed by atoms with E-state index in [0.717, 1.165) is 19.3 Å². The number of carbonyl (C=O) groups excluding carboxylic acids is 1. The minimum Gasteiger partial charge on any atom is -0.413 e. The summed E-state index contributed by atoms with van der Waals surface area (Å²) in [5, 5.41) is 9.92. The predicted octanol–water partition coefficient (Wildman–Crippen LogP) is 2.50. The van der Waals surface area contributed by atoms with Crippen molar-refractivity contribution in [1.29, 1.82) is 0 Å². The summed E-state index contributed by atoms with van der Waals surface area (Å²) in [4.78, 5) is 11.2. The van der Waals surface area contributed by atoms with Crippen LogP contribution in [0, 0.1) is 0 Å². The van der Waals surface area contributed by atoms with Crippen LogP contribution in [0.5, 0.6) is 0 Å². The Labute approximate surface area is 158 Å². The SMILES string of the molecule is O=C(CCCl)NCCCCCc1nnc(S(=O)(=O)Cc2ccccc2)o1. The highest BCUT2D eigenvalue weighted by Gasteiger charge is 2.22. The molecule has 0 atom stereocenters. The highest BCUT2D eigenvalue weighted by Crippen LogP contribution is 2.16. The Balaban J connectivity index is 1.74. The van der Waals surface area contributed by atoms with Crippen molar-refractivity contribution in [3.63, 3.8) is 0 Å². The average Bonchev–Trinajstić information content (AvgIpc) is 3.09. The summed E-state index contributed by atoms with van der Waals surface area (Å²) >= 11 is 5.48. The molecule has 2 aromatic rings. The third kappa shape index (κ3) is 6.76. The maximum Gasteiger partial charge on any atom is 0.335 e. The second kappa shape index (κ2) is 10.3. The van der Waals surface area contributed by atoms with E-state index in [4.69, 9.17) is 16.0 Å². The Kier molecular flexibility index (Phi) is 8.06. The molecule has 0 fully saturated rings. The Morgan fingerprint density at radius 3 is 2.62 bits per heavy atom. The average molecular weight is 400 g/mol. The second-order valence-corrected chi connectivity index (χ2v) is 8.05.